The summed E-state index contributed by atoms with van der Waals surface area (Å²) < 4.78 is 0. The van der Waals surface area contributed by atoms with Crippen molar-refractivity contribution in [1.82, 2.24) is 10.2 Å². The zero-order valence-corrected chi connectivity index (χ0v) is 20.9. The lowest BCUT2D eigenvalue weighted by Gasteiger charge is -2.36. The van der Waals surface area contributed by atoms with E-state index in [1.165, 1.54) is 35.4 Å². The van der Waals surface area contributed by atoms with E-state index in [4.69, 9.17) is 11.6 Å². The first-order chi connectivity index (χ1) is 15.6. The SMILES string of the molecule is CC1CCc2c(sc3c2CSC(C(=O)NCCN2CCN(c4cccc(Cl)c4)CC2)=C3)C1. The summed E-state index contributed by atoms with van der Waals surface area (Å²) in [5.41, 5.74) is 4.27. The number of anilines is 1. The molecular weight excluding hydrogens is 458 g/mol. The van der Waals surface area contributed by atoms with Crippen LogP contribution in [0, 0.1) is 5.92 Å². The average molecular weight is 488 g/mol. The summed E-state index contributed by atoms with van der Waals surface area (Å²) in [6.45, 7) is 7.91. The molecule has 2 aromatic rings. The van der Waals surface area contributed by atoms with Crippen molar-refractivity contribution in [3.8, 4) is 0 Å². The number of carbonyl (C=O) groups is 1. The Balaban J connectivity index is 1.10. The monoisotopic (exact) mass is 487 g/mol. The fraction of sp³-hybridized carbons (Fsp3) is 0.480. The number of fused-ring (bicyclic) bond motifs is 3. The van der Waals surface area contributed by atoms with Crippen LogP contribution in [0.25, 0.3) is 6.08 Å². The third-order valence-corrected chi connectivity index (χ3v) is 9.30. The highest BCUT2D eigenvalue weighted by molar-refractivity contribution is 8.03. The average Bonchev–Trinajstić information content (AvgIpc) is 3.16. The Kier molecular flexibility index (Phi) is 6.84. The number of halogens is 1. The van der Waals surface area contributed by atoms with Crippen LogP contribution in [0.3, 0.4) is 0 Å². The number of amides is 1. The van der Waals surface area contributed by atoms with Crippen LogP contribution in [0.2, 0.25) is 5.02 Å². The second-order valence-corrected chi connectivity index (χ2v) is 11.6. The van der Waals surface area contributed by atoms with Crippen molar-refractivity contribution in [2.45, 2.75) is 31.9 Å². The minimum absolute atomic E-state index is 0.0814. The van der Waals surface area contributed by atoms with Gasteiger partial charge in [-0.25, -0.2) is 0 Å². The highest BCUT2D eigenvalue weighted by atomic mass is 35.5. The van der Waals surface area contributed by atoms with Crippen molar-refractivity contribution < 1.29 is 4.79 Å². The first-order valence-corrected chi connectivity index (χ1v) is 13.7. The smallest absolute Gasteiger partial charge is 0.257 e. The zero-order valence-electron chi connectivity index (χ0n) is 18.5. The van der Waals surface area contributed by atoms with Crippen LogP contribution in [-0.2, 0) is 23.4 Å². The Labute approximate surface area is 204 Å². The summed E-state index contributed by atoms with van der Waals surface area (Å²) in [5.74, 6) is 1.81. The molecule has 1 unspecified atom stereocenters. The van der Waals surface area contributed by atoms with E-state index in [9.17, 15) is 4.79 Å². The Morgan fingerprint density at radius 1 is 1.22 bits per heavy atom. The molecule has 7 heteroatoms. The van der Waals surface area contributed by atoms with E-state index in [1.807, 2.05) is 29.5 Å². The van der Waals surface area contributed by atoms with Crippen LogP contribution in [0.15, 0.2) is 29.2 Å². The van der Waals surface area contributed by atoms with Crippen LogP contribution in [0.4, 0.5) is 5.69 Å². The highest BCUT2D eigenvalue weighted by Crippen LogP contribution is 2.43. The fourth-order valence-corrected chi connectivity index (χ4v) is 7.73. The van der Waals surface area contributed by atoms with Gasteiger partial charge in [0.15, 0.2) is 0 Å². The Hall–Kier alpha value is -1.47. The highest BCUT2D eigenvalue weighted by Gasteiger charge is 2.27. The van der Waals surface area contributed by atoms with Crippen LogP contribution < -0.4 is 10.2 Å². The van der Waals surface area contributed by atoms with E-state index < -0.39 is 0 Å². The van der Waals surface area contributed by atoms with Crippen molar-refractivity contribution in [2.24, 2.45) is 5.92 Å². The zero-order chi connectivity index (χ0) is 22.1. The molecule has 1 atom stereocenters. The summed E-state index contributed by atoms with van der Waals surface area (Å²) in [5, 5.41) is 3.94. The normalized spacial score (nSPS) is 21.0. The quantitative estimate of drug-likeness (QED) is 0.640. The van der Waals surface area contributed by atoms with Gasteiger partial charge in [0.1, 0.15) is 0 Å². The van der Waals surface area contributed by atoms with E-state index in [0.29, 0.717) is 6.54 Å². The van der Waals surface area contributed by atoms with E-state index in [0.717, 1.165) is 54.3 Å². The van der Waals surface area contributed by atoms with Gasteiger partial charge in [-0.1, -0.05) is 24.6 Å². The molecule has 1 aromatic carbocycles. The summed E-state index contributed by atoms with van der Waals surface area (Å²) >= 11 is 9.75. The number of nitrogens with zero attached hydrogens (tertiary/aromatic N) is 2. The minimum Gasteiger partial charge on any atom is -0.369 e. The molecule has 0 bridgehead atoms. The minimum atomic E-state index is 0.0814. The number of thioether (sulfide) groups is 1. The lowest BCUT2D eigenvalue weighted by Crippen LogP contribution is -2.48. The standard InChI is InChI=1S/C25H30ClN3OS2/c1-17-5-6-20-21-16-31-24(15-23(21)32-22(20)13-17)25(30)27-7-8-28-9-11-29(12-10-28)19-4-2-3-18(26)14-19/h2-4,14-15,17H,5-13,16H2,1H3,(H,27,30). The maximum atomic E-state index is 12.8. The molecule has 1 saturated heterocycles. The largest absolute Gasteiger partial charge is 0.369 e. The number of hydrogen-bond acceptors (Lipinski definition) is 5. The lowest BCUT2D eigenvalue weighted by molar-refractivity contribution is -0.116. The van der Waals surface area contributed by atoms with Gasteiger partial charge in [-0.15, -0.1) is 23.1 Å². The van der Waals surface area contributed by atoms with Crippen molar-refractivity contribution >= 4 is 52.4 Å². The number of carbonyl (C=O) groups excluding carboxylic acids is 1. The number of piperazine rings is 1. The number of thiophene rings is 1. The van der Waals surface area contributed by atoms with Gasteiger partial charge >= 0.3 is 0 Å². The number of benzene rings is 1. The second-order valence-electron chi connectivity index (χ2n) is 9.06. The van der Waals surface area contributed by atoms with Crippen molar-refractivity contribution in [3.05, 3.63) is 55.1 Å². The second kappa shape index (κ2) is 9.80. The van der Waals surface area contributed by atoms with E-state index >= 15 is 0 Å². The molecular formula is C25H30ClN3OS2. The van der Waals surface area contributed by atoms with Gasteiger partial charge < -0.3 is 10.2 Å². The molecule has 1 fully saturated rings. The maximum absolute atomic E-state index is 12.8. The molecule has 170 valence electrons. The molecule has 1 amide bonds. The fourth-order valence-electron chi connectivity index (χ4n) is 4.87. The summed E-state index contributed by atoms with van der Waals surface area (Å²) in [4.78, 5) is 21.3. The third kappa shape index (κ3) is 4.89. The van der Waals surface area contributed by atoms with Gasteiger partial charge in [-0.2, -0.15) is 0 Å². The van der Waals surface area contributed by atoms with Crippen molar-refractivity contribution in [2.75, 3.05) is 44.2 Å². The molecule has 4 nitrogen and oxygen atoms in total. The van der Waals surface area contributed by atoms with Gasteiger partial charge in [0.2, 0.25) is 0 Å². The van der Waals surface area contributed by atoms with Crippen molar-refractivity contribution in [1.29, 1.82) is 0 Å². The molecule has 0 saturated carbocycles. The molecule has 2 aliphatic heterocycles. The lowest BCUT2D eigenvalue weighted by atomic mass is 9.88. The molecule has 3 heterocycles. The molecule has 32 heavy (non-hydrogen) atoms. The Bertz CT molecular complexity index is 1030. The molecule has 1 aliphatic carbocycles. The van der Waals surface area contributed by atoms with Gasteiger partial charge in [0, 0.05) is 65.5 Å². The molecule has 3 aliphatic rings. The molecule has 0 radical (unpaired) electrons. The van der Waals surface area contributed by atoms with Crippen LogP contribution in [0.1, 0.15) is 34.2 Å². The first-order valence-electron chi connectivity index (χ1n) is 11.6. The van der Waals surface area contributed by atoms with Crippen LogP contribution >= 0.6 is 34.7 Å². The number of rotatable bonds is 5. The first kappa shape index (κ1) is 22.3. The van der Waals surface area contributed by atoms with Gasteiger partial charge in [0.25, 0.3) is 5.91 Å². The topological polar surface area (TPSA) is 35.6 Å². The molecule has 1 N–H and O–H groups in total. The molecule has 0 spiro atoms. The van der Waals surface area contributed by atoms with Crippen LogP contribution in [-0.4, -0.2) is 50.1 Å². The predicted octanol–water partition coefficient (Wildman–Crippen LogP) is 5.05. The summed E-state index contributed by atoms with van der Waals surface area (Å²) in [7, 11) is 0. The van der Waals surface area contributed by atoms with Gasteiger partial charge in [-0.05, 0) is 60.6 Å². The maximum Gasteiger partial charge on any atom is 0.257 e. The van der Waals surface area contributed by atoms with E-state index in [1.54, 1.807) is 22.2 Å². The van der Waals surface area contributed by atoms with Crippen LogP contribution in [0.5, 0.6) is 0 Å². The number of nitrogens with one attached hydrogen (secondary N) is 1. The summed E-state index contributed by atoms with van der Waals surface area (Å²) in [6.07, 6.45) is 5.85. The predicted molar refractivity (Wildman–Crippen MR) is 138 cm³/mol. The summed E-state index contributed by atoms with van der Waals surface area (Å²) in [6, 6.07) is 8.07. The number of hydrogen-bond donors (Lipinski definition) is 1. The third-order valence-electron chi connectivity index (χ3n) is 6.77. The Morgan fingerprint density at radius 3 is 2.88 bits per heavy atom. The van der Waals surface area contributed by atoms with Crippen molar-refractivity contribution in [3.63, 3.8) is 0 Å². The Morgan fingerprint density at radius 2 is 2.06 bits per heavy atom. The van der Waals surface area contributed by atoms with Gasteiger partial charge in [0.05, 0.1) is 4.91 Å². The van der Waals surface area contributed by atoms with Gasteiger partial charge in [-0.3, -0.25) is 9.69 Å². The molecule has 5 rings (SSSR count). The van der Waals surface area contributed by atoms with E-state index in [2.05, 4.69) is 34.2 Å². The van der Waals surface area contributed by atoms with E-state index in [-0.39, 0.29) is 5.91 Å². The molecule has 1 aromatic heterocycles.